The molecule has 0 saturated heterocycles. The zero-order valence-corrected chi connectivity index (χ0v) is 9.99. The second-order valence-corrected chi connectivity index (χ2v) is 4.40. The fraction of sp³-hybridized carbons (Fsp3) is 0.909. The van der Waals surface area contributed by atoms with Crippen molar-refractivity contribution in [2.75, 3.05) is 6.54 Å². The van der Waals surface area contributed by atoms with Crippen LogP contribution in [0.2, 0.25) is 0 Å². The number of hydrogen-bond donors (Lipinski definition) is 3. The van der Waals surface area contributed by atoms with Crippen molar-refractivity contribution < 1.29 is 9.90 Å². The summed E-state index contributed by atoms with van der Waals surface area (Å²) in [6, 6.07) is 0.206. The molecule has 15 heavy (non-hydrogen) atoms. The summed E-state index contributed by atoms with van der Waals surface area (Å²) in [6.07, 6.45) is 2.30. The lowest BCUT2D eigenvalue weighted by atomic mass is 10.0. The van der Waals surface area contributed by atoms with E-state index in [1.807, 2.05) is 13.8 Å². The summed E-state index contributed by atoms with van der Waals surface area (Å²) in [7, 11) is 0. The molecule has 2 unspecified atom stereocenters. The van der Waals surface area contributed by atoms with Crippen molar-refractivity contribution in [1.29, 1.82) is 0 Å². The third-order valence-electron chi connectivity index (χ3n) is 2.32. The highest BCUT2D eigenvalue weighted by Gasteiger charge is 2.12. The van der Waals surface area contributed by atoms with Gasteiger partial charge in [0.15, 0.2) is 0 Å². The van der Waals surface area contributed by atoms with Gasteiger partial charge in [0.2, 0.25) is 5.91 Å². The van der Waals surface area contributed by atoms with Crippen LogP contribution in [0, 0.1) is 5.92 Å². The summed E-state index contributed by atoms with van der Waals surface area (Å²) < 4.78 is 0. The third-order valence-corrected chi connectivity index (χ3v) is 2.32. The zero-order valence-electron chi connectivity index (χ0n) is 9.99. The minimum Gasteiger partial charge on any atom is -0.392 e. The highest BCUT2D eigenvalue weighted by Crippen LogP contribution is 2.08. The van der Waals surface area contributed by atoms with E-state index in [1.165, 1.54) is 0 Å². The molecule has 0 aliphatic heterocycles. The number of rotatable bonds is 7. The molecule has 0 heterocycles. The Balaban J connectivity index is 3.60. The molecule has 0 aromatic carbocycles. The standard InChI is InChI=1S/C11H24N2O2/c1-8(5-4-6-9(2)12)11(15)13-7-10(3)14/h8-10,14H,4-7,12H2,1-3H3,(H,13,15)/t8?,9?,10-/m0/s1. The molecule has 0 bridgehead atoms. The first-order valence-corrected chi connectivity index (χ1v) is 5.64. The van der Waals surface area contributed by atoms with Gasteiger partial charge in [-0.2, -0.15) is 0 Å². The average molecular weight is 216 g/mol. The predicted molar refractivity (Wildman–Crippen MR) is 61.4 cm³/mol. The van der Waals surface area contributed by atoms with Gasteiger partial charge in [0, 0.05) is 18.5 Å². The van der Waals surface area contributed by atoms with E-state index < -0.39 is 6.10 Å². The van der Waals surface area contributed by atoms with Crippen molar-refractivity contribution in [2.24, 2.45) is 11.7 Å². The van der Waals surface area contributed by atoms with E-state index >= 15 is 0 Å². The van der Waals surface area contributed by atoms with Crippen molar-refractivity contribution in [3.8, 4) is 0 Å². The molecule has 0 fully saturated rings. The van der Waals surface area contributed by atoms with Crippen LogP contribution in [0.25, 0.3) is 0 Å². The SMILES string of the molecule is CC(N)CCCC(C)C(=O)NC[C@H](C)O. The molecular formula is C11H24N2O2. The van der Waals surface area contributed by atoms with Gasteiger partial charge in [-0.25, -0.2) is 0 Å². The number of hydrogen-bond acceptors (Lipinski definition) is 3. The first-order valence-electron chi connectivity index (χ1n) is 5.64. The summed E-state index contributed by atoms with van der Waals surface area (Å²) in [6.45, 7) is 5.86. The second-order valence-electron chi connectivity index (χ2n) is 4.40. The van der Waals surface area contributed by atoms with Gasteiger partial charge in [0.1, 0.15) is 0 Å². The molecule has 0 saturated carbocycles. The molecule has 4 nitrogen and oxygen atoms in total. The summed E-state index contributed by atoms with van der Waals surface area (Å²) in [5.41, 5.74) is 5.62. The van der Waals surface area contributed by atoms with E-state index in [0.717, 1.165) is 19.3 Å². The number of amides is 1. The van der Waals surface area contributed by atoms with Crippen LogP contribution in [0.1, 0.15) is 40.0 Å². The van der Waals surface area contributed by atoms with E-state index in [0.29, 0.717) is 6.54 Å². The number of carbonyl (C=O) groups is 1. The molecule has 0 aromatic heterocycles. The van der Waals surface area contributed by atoms with Gasteiger partial charge < -0.3 is 16.2 Å². The molecule has 1 amide bonds. The number of carbonyl (C=O) groups excluding carboxylic acids is 1. The topological polar surface area (TPSA) is 75.4 Å². The van der Waals surface area contributed by atoms with Crippen molar-refractivity contribution >= 4 is 5.91 Å². The quantitative estimate of drug-likeness (QED) is 0.584. The van der Waals surface area contributed by atoms with E-state index in [2.05, 4.69) is 5.32 Å². The Morgan fingerprint density at radius 1 is 1.33 bits per heavy atom. The summed E-state index contributed by atoms with van der Waals surface area (Å²) >= 11 is 0. The minimum absolute atomic E-state index is 0.00231. The lowest BCUT2D eigenvalue weighted by Crippen LogP contribution is -2.34. The second kappa shape index (κ2) is 7.65. The van der Waals surface area contributed by atoms with Gasteiger partial charge in [0.25, 0.3) is 0 Å². The molecule has 0 rings (SSSR count). The number of nitrogens with two attached hydrogens (primary N) is 1. The lowest BCUT2D eigenvalue weighted by molar-refractivity contribution is -0.125. The molecule has 0 spiro atoms. The predicted octanol–water partition coefficient (Wildman–Crippen LogP) is 0.637. The Morgan fingerprint density at radius 3 is 2.40 bits per heavy atom. The summed E-state index contributed by atoms with van der Waals surface area (Å²) in [5, 5.41) is 11.7. The van der Waals surface area contributed by atoms with E-state index in [-0.39, 0.29) is 17.9 Å². The van der Waals surface area contributed by atoms with Crippen LogP contribution in [0.4, 0.5) is 0 Å². The Hall–Kier alpha value is -0.610. The zero-order chi connectivity index (χ0) is 11.8. The normalized spacial score (nSPS) is 16.9. The van der Waals surface area contributed by atoms with E-state index in [1.54, 1.807) is 6.92 Å². The Bertz CT molecular complexity index is 181. The van der Waals surface area contributed by atoms with Gasteiger partial charge >= 0.3 is 0 Å². The van der Waals surface area contributed by atoms with Crippen molar-refractivity contribution in [1.82, 2.24) is 5.32 Å². The average Bonchev–Trinajstić information content (AvgIpc) is 2.13. The maximum absolute atomic E-state index is 11.5. The van der Waals surface area contributed by atoms with E-state index in [9.17, 15) is 4.79 Å². The Labute approximate surface area is 92.2 Å². The highest BCUT2D eigenvalue weighted by molar-refractivity contribution is 5.78. The molecule has 0 aromatic rings. The molecule has 0 aliphatic rings. The molecule has 0 aliphatic carbocycles. The van der Waals surface area contributed by atoms with Crippen LogP contribution in [-0.4, -0.2) is 29.7 Å². The van der Waals surface area contributed by atoms with Crippen LogP contribution < -0.4 is 11.1 Å². The molecule has 90 valence electrons. The fourth-order valence-electron chi connectivity index (χ4n) is 1.30. The Kier molecular flexibility index (Phi) is 7.34. The van der Waals surface area contributed by atoms with Gasteiger partial charge in [-0.15, -0.1) is 0 Å². The largest absolute Gasteiger partial charge is 0.392 e. The molecule has 4 heteroatoms. The maximum atomic E-state index is 11.5. The van der Waals surface area contributed by atoms with Gasteiger partial charge in [-0.1, -0.05) is 13.3 Å². The van der Waals surface area contributed by atoms with Crippen LogP contribution in [0.3, 0.4) is 0 Å². The monoisotopic (exact) mass is 216 g/mol. The van der Waals surface area contributed by atoms with Crippen LogP contribution in [0.5, 0.6) is 0 Å². The third kappa shape index (κ3) is 8.39. The maximum Gasteiger partial charge on any atom is 0.222 e. The molecule has 4 N–H and O–H groups in total. The smallest absolute Gasteiger partial charge is 0.222 e. The van der Waals surface area contributed by atoms with Gasteiger partial charge in [-0.05, 0) is 26.7 Å². The van der Waals surface area contributed by atoms with Crippen LogP contribution in [0.15, 0.2) is 0 Å². The number of nitrogens with one attached hydrogen (secondary N) is 1. The van der Waals surface area contributed by atoms with Crippen molar-refractivity contribution in [3.63, 3.8) is 0 Å². The van der Waals surface area contributed by atoms with E-state index in [4.69, 9.17) is 10.8 Å². The lowest BCUT2D eigenvalue weighted by Gasteiger charge is -2.13. The van der Waals surface area contributed by atoms with Crippen LogP contribution >= 0.6 is 0 Å². The molecule has 3 atom stereocenters. The highest BCUT2D eigenvalue weighted by atomic mass is 16.3. The molecule has 0 radical (unpaired) electrons. The minimum atomic E-state index is -0.481. The van der Waals surface area contributed by atoms with Crippen LogP contribution in [-0.2, 0) is 4.79 Å². The Morgan fingerprint density at radius 2 is 1.93 bits per heavy atom. The van der Waals surface area contributed by atoms with Gasteiger partial charge in [0.05, 0.1) is 6.10 Å². The first kappa shape index (κ1) is 14.4. The summed E-state index contributed by atoms with van der Waals surface area (Å²) in [5.74, 6) is 0.0167. The fourth-order valence-corrected chi connectivity index (χ4v) is 1.30. The van der Waals surface area contributed by atoms with Gasteiger partial charge in [-0.3, -0.25) is 4.79 Å². The first-order chi connectivity index (χ1) is 6.93. The number of aliphatic hydroxyl groups is 1. The summed E-state index contributed by atoms with van der Waals surface area (Å²) in [4.78, 5) is 11.5. The molecular weight excluding hydrogens is 192 g/mol. The van der Waals surface area contributed by atoms with Crippen molar-refractivity contribution in [2.45, 2.75) is 52.2 Å². The number of aliphatic hydroxyl groups excluding tert-OH is 1. The van der Waals surface area contributed by atoms with Crippen molar-refractivity contribution in [3.05, 3.63) is 0 Å².